The van der Waals surface area contributed by atoms with Gasteiger partial charge in [0.15, 0.2) is 0 Å². The van der Waals surface area contributed by atoms with Crippen molar-refractivity contribution in [1.29, 1.82) is 0 Å². The summed E-state index contributed by atoms with van der Waals surface area (Å²) in [4.78, 5) is 13.3. The Balaban J connectivity index is 2.52. The average molecular weight is 199 g/mol. The van der Waals surface area contributed by atoms with Gasteiger partial charge in [0.25, 0.3) is 0 Å². The van der Waals surface area contributed by atoms with Crippen LogP contribution >= 0.6 is 0 Å². The van der Waals surface area contributed by atoms with Crippen molar-refractivity contribution >= 4 is 6.03 Å². The topological polar surface area (TPSA) is 58.4 Å². The fourth-order valence-corrected chi connectivity index (χ4v) is 1.90. The minimum absolute atomic E-state index is 0.000139. The molecule has 1 fully saturated rings. The third-order valence-corrected chi connectivity index (χ3v) is 3.14. The van der Waals surface area contributed by atoms with Crippen LogP contribution in [-0.2, 0) is 0 Å². The molecule has 82 valence electrons. The molecular formula is C10H21N3O. The predicted octanol–water partition coefficient (Wildman–Crippen LogP) is 0.919. The number of amides is 2. The van der Waals surface area contributed by atoms with E-state index in [-0.39, 0.29) is 11.6 Å². The zero-order valence-electron chi connectivity index (χ0n) is 9.18. The lowest BCUT2D eigenvalue weighted by molar-refractivity contribution is 0.195. The fraction of sp³-hybridized carbons (Fsp3) is 0.900. The molecular weight excluding hydrogens is 178 g/mol. The number of carbonyl (C=O) groups is 1. The van der Waals surface area contributed by atoms with E-state index in [0.29, 0.717) is 6.54 Å². The van der Waals surface area contributed by atoms with E-state index in [1.165, 1.54) is 12.8 Å². The zero-order chi connectivity index (χ0) is 10.6. The van der Waals surface area contributed by atoms with E-state index in [4.69, 9.17) is 5.73 Å². The van der Waals surface area contributed by atoms with Gasteiger partial charge in [-0.3, -0.25) is 0 Å². The van der Waals surface area contributed by atoms with Crippen LogP contribution in [0.25, 0.3) is 0 Å². The lowest BCUT2D eigenvalue weighted by Gasteiger charge is -2.30. The molecule has 1 saturated carbocycles. The van der Waals surface area contributed by atoms with E-state index in [2.05, 4.69) is 5.32 Å². The van der Waals surface area contributed by atoms with Crippen molar-refractivity contribution in [3.05, 3.63) is 0 Å². The summed E-state index contributed by atoms with van der Waals surface area (Å²) in [6.07, 6.45) is 4.39. The molecule has 0 aromatic rings. The van der Waals surface area contributed by atoms with Crippen molar-refractivity contribution in [3.63, 3.8) is 0 Å². The lowest BCUT2D eigenvalue weighted by Crippen LogP contribution is -2.54. The molecule has 1 rings (SSSR count). The van der Waals surface area contributed by atoms with Crippen LogP contribution in [0.3, 0.4) is 0 Å². The van der Waals surface area contributed by atoms with E-state index in [0.717, 1.165) is 19.4 Å². The van der Waals surface area contributed by atoms with Crippen LogP contribution in [0.15, 0.2) is 0 Å². The Kier molecular flexibility index (Phi) is 3.75. The third-order valence-electron chi connectivity index (χ3n) is 3.14. The highest BCUT2D eigenvalue weighted by molar-refractivity contribution is 5.74. The molecule has 0 aromatic carbocycles. The second-order valence-corrected chi connectivity index (χ2v) is 4.14. The largest absolute Gasteiger partial charge is 0.331 e. The molecule has 4 heteroatoms. The molecule has 4 nitrogen and oxygen atoms in total. The monoisotopic (exact) mass is 199 g/mol. The van der Waals surface area contributed by atoms with Gasteiger partial charge in [-0.15, -0.1) is 0 Å². The van der Waals surface area contributed by atoms with E-state index >= 15 is 0 Å². The first-order valence-electron chi connectivity index (χ1n) is 5.37. The number of nitrogens with one attached hydrogen (secondary N) is 1. The summed E-state index contributed by atoms with van der Waals surface area (Å²) in [7, 11) is 1.80. The summed E-state index contributed by atoms with van der Waals surface area (Å²) in [6, 6.07) is -0.000139. The molecule has 0 aromatic heterocycles. The minimum atomic E-state index is -0.124. The lowest BCUT2D eigenvalue weighted by atomic mass is 9.98. The summed E-state index contributed by atoms with van der Waals surface area (Å²) in [5.41, 5.74) is 5.60. The standard InChI is InChI=1S/C10H21N3O/c1-3-13(2)9(14)12-10(8-11)6-4-5-7-10/h3-8,11H2,1-2H3,(H,12,14). The van der Waals surface area contributed by atoms with Gasteiger partial charge < -0.3 is 16.0 Å². The van der Waals surface area contributed by atoms with E-state index in [1.807, 2.05) is 6.92 Å². The van der Waals surface area contributed by atoms with Gasteiger partial charge in [-0.25, -0.2) is 4.79 Å². The highest BCUT2D eigenvalue weighted by atomic mass is 16.2. The molecule has 0 saturated heterocycles. The number of urea groups is 1. The highest BCUT2D eigenvalue weighted by Crippen LogP contribution is 2.28. The summed E-state index contributed by atoms with van der Waals surface area (Å²) >= 11 is 0. The molecule has 1 aliphatic rings. The first-order chi connectivity index (χ1) is 6.63. The number of carbonyl (C=O) groups excluding carboxylic acids is 1. The zero-order valence-corrected chi connectivity index (χ0v) is 9.18. The summed E-state index contributed by atoms with van der Waals surface area (Å²) < 4.78 is 0. The molecule has 2 amide bonds. The van der Waals surface area contributed by atoms with Gasteiger partial charge in [0.05, 0.1) is 5.54 Å². The molecule has 0 unspecified atom stereocenters. The summed E-state index contributed by atoms with van der Waals surface area (Å²) in [6.45, 7) is 3.24. The minimum Gasteiger partial charge on any atom is -0.331 e. The van der Waals surface area contributed by atoms with Crippen LogP contribution in [0, 0.1) is 0 Å². The van der Waals surface area contributed by atoms with Gasteiger partial charge in [-0.2, -0.15) is 0 Å². The highest BCUT2D eigenvalue weighted by Gasteiger charge is 2.34. The van der Waals surface area contributed by atoms with Crippen LogP contribution in [-0.4, -0.2) is 36.6 Å². The first kappa shape index (κ1) is 11.3. The van der Waals surface area contributed by atoms with Crippen LogP contribution in [0.4, 0.5) is 4.79 Å². The molecule has 3 N–H and O–H groups in total. The van der Waals surface area contributed by atoms with E-state index in [1.54, 1.807) is 11.9 Å². The molecule has 0 atom stereocenters. The summed E-state index contributed by atoms with van der Waals surface area (Å²) in [5, 5.41) is 3.05. The maximum absolute atomic E-state index is 11.7. The van der Waals surface area contributed by atoms with Gasteiger partial charge in [-0.1, -0.05) is 12.8 Å². The normalized spacial score (nSPS) is 19.4. The molecule has 0 bridgehead atoms. The number of rotatable bonds is 3. The smallest absolute Gasteiger partial charge is 0.317 e. The first-order valence-corrected chi connectivity index (χ1v) is 5.37. The van der Waals surface area contributed by atoms with E-state index < -0.39 is 0 Å². The maximum atomic E-state index is 11.7. The number of nitrogens with two attached hydrogens (primary N) is 1. The molecule has 0 radical (unpaired) electrons. The van der Waals surface area contributed by atoms with Crippen molar-refractivity contribution < 1.29 is 4.79 Å². The van der Waals surface area contributed by atoms with Crippen LogP contribution in [0.1, 0.15) is 32.6 Å². The molecule has 0 spiro atoms. The van der Waals surface area contributed by atoms with E-state index in [9.17, 15) is 4.79 Å². The van der Waals surface area contributed by atoms with Gasteiger partial charge in [-0.05, 0) is 19.8 Å². The third kappa shape index (κ3) is 2.38. The second kappa shape index (κ2) is 4.64. The van der Waals surface area contributed by atoms with Gasteiger partial charge in [0.1, 0.15) is 0 Å². The molecule has 0 aliphatic heterocycles. The molecule has 0 heterocycles. The predicted molar refractivity (Wildman–Crippen MR) is 57.1 cm³/mol. The van der Waals surface area contributed by atoms with Crippen LogP contribution in [0.2, 0.25) is 0 Å². The number of hydrogen-bond acceptors (Lipinski definition) is 2. The maximum Gasteiger partial charge on any atom is 0.317 e. The van der Waals surface area contributed by atoms with Crippen LogP contribution < -0.4 is 11.1 Å². The van der Waals surface area contributed by atoms with Gasteiger partial charge in [0.2, 0.25) is 0 Å². The average Bonchev–Trinajstić information content (AvgIpc) is 2.65. The Bertz CT molecular complexity index is 200. The SMILES string of the molecule is CCN(C)C(=O)NC1(CN)CCCC1. The van der Waals surface area contributed by atoms with Crippen molar-refractivity contribution in [2.75, 3.05) is 20.1 Å². The Labute approximate surface area is 85.8 Å². The van der Waals surface area contributed by atoms with Crippen LogP contribution in [0.5, 0.6) is 0 Å². The Morgan fingerprint density at radius 2 is 2.07 bits per heavy atom. The van der Waals surface area contributed by atoms with Crippen molar-refractivity contribution in [2.45, 2.75) is 38.1 Å². The number of nitrogens with zero attached hydrogens (tertiary/aromatic N) is 1. The quantitative estimate of drug-likeness (QED) is 0.710. The molecule has 1 aliphatic carbocycles. The fourth-order valence-electron chi connectivity index (χ4n) is 1.90. The Morgan fingerprint density at radius 3 is 2.50 bits per heavy atom. The van der Waals surface area contributed by atoms with Gasteiger partial charge in [0, 0.05) is 20.1 Å². The number of hydrogen-bond donors (Lipinski definition) is 2. The van der Waals surface area contributed by atoms with Crippen molar-refractivity contribution in [2.24, 2.45) is 5.73 Å². The Hall–Kier alpha value is -0.770. The van der Waals surface area contributed by atoms with Gasteiger partial charge >= 0.3 is 6.03 Å². The second-order valence-electron chi connectivity index (χ2n) is 4.14. The summed E-state index contributed by atoms with van der Waals surface area (Å²) in [5.74, 6) is 0. The molecule has 14 heavy (non-hydrogen) atoms. The Morgan fingerprint density at radius 1 is 1.50 bits per heavy atom. The van der Waals surface area contributed by atoms with Crippen molar-refractivity contribution in [3.8, 4) is 0 Å². The van der Waals surface area contributed by atoms with Crippen molar-refractivity contribution in [1.82, 2.24) is 10.2 Å².